The predicted octanol–water partition coefficient (Wildman–Crippen LogP) is 1.66. The Morgan fingerprint density at radius 2 is 2.06 bits per heavy atom. The van der Waals surface area contributed by atoms with Crippen LogP contribution < -0.4 is 4.74 Å². The van der Waals surface area contributed by atoms with Crippen molar-refractivity contribution in [3.05, 3.63) is 29.8 Å². The lowest BCUT2D eigenvalue weighted by Crippen LogP contribution is -2.23. The number of benzene rings is 1. The zero-order valence-corrected chi connectivity index (χ0v) is 10.7. The minimum atomic E-state index is -0.681. The molecule has 100 valence electrons. The number of hydrogen-bond donors (Lipinski definition) is 2. The molecule has 0 saturated carbocycles. The molecule has 5 heteroatoms. The van der Waals surface area contributed by atoms with E-state index in [1.165, 1.54) is 7.11 Å². The molecule has 5 nitrogen and oxygen atoms in total. The molecule has 0 bridgehead atoms. The van der Waals surface area contributed by atoms with Gasteiger partial charge in [-0.2, -0.15) is 0 Å². The van der Waals surface area contributed by atoms with Crippen LogP contribution in [0.25, 0.3) is 0 Å². The molecular weight excluding hydrogens is 234 g/mol. The molecule has 0 amide bonds. The van der Waals surface area contributed by atoms with Crippen molar-refractivity contribution in [1.29, 1.82) is 0 Å². The van der Waals surface area contributed by atoms with Crippen molar-refractivity contribution in [3.63, 3.8) is 0 Å². The van der Waals surface area contributed by atoms with Crippen LogP contribution in [0.3, 0.4) is 0 Å². The van der Waals surface area contributed by atoms with Gasteiger partial charge in [-0.05, 0) is 18.6 Å². The van der Waals surface area contributed by atoms with Gasteiger partial charge < -0.3 is 19.8 Å². The number of rotatable bonds is 7. The number of oxime groups is 1. The van der Waals surface area contributed by atoms with E-state index in [9.17, 15) is 5.11 Å². The summed E-state index contributed by atoms with van der Waals surface area (Å²) in [5, 5.41) is 21.7. The Labute approximate surface area is 107 Å². The summed E-state index contributed by atoms with van der Waals surface area (Å²) in [6, 6.07) is 7.26. The van der Waals surface area contributed by atoms with Gasteiger partial charge in [0.2, 0.25) is 0 Å². The molecule has 0 heterocycles. The summed E-state index contributed by atoms with van der Waals surface area (Å²) < 4.78 is 10.3. The fourth-order valence-corrected chi connectivity index (χ4v) is 1.57. The Hall–Kier alpha value is -1.59. The first kappa shape index (κ1) is 14.5. The molecule has 0 radical (unpaired) electrons. The SMILES string of the molecule is CCC(=NO)c1ccccc1OCC(O)COC. The van der Waals surface area contributed by atoms with Crippen LogP contribution >= 0.6 is 0 Å². The molecule has 18 heavy (non-hydrogen) atoms. The lowest BCUT2D eigenvalue weighted by Gasteiger charge is -2.14. The van der Waals surface area contributed by atoms with Crippen molar-refractivity contribution in [2.45, 2.75) is 19.4 Å². The topological polar surface area (TPSA) is 71.3 Å². The van der Waals surface area contributed by atoms with Crippen molar-refractivity contribution >= 4 is 5.71 Å². The number of aliphatic hydroxyl groups is 1. The van der Waals surface area contributed by atoms with Crippen LogP contribution in [-0.2, 0) is 4.74 Å². The van der Waals surface area contributed by atoms with Crippen LogP contribution in [0, 0.1) is 0 Å². The fraction of sp³-hybridized carbons (Fsp3) is 0.462. The van der Waals surface area contributed by atoms with E-state index >= 15 is 0 Å². The first-order valence-corrected chi connectivity index (χ1v) is 5.83. The second kappa shape index (κ2) is 7.68. The molecule has 0 fully saturated rings. The van der Waals surface area contributed by atoms with Gasteiger partial charge in [0, 0.05) is 12.7 Å². The van der Waals surface area contributed by atoms with Gasteiger partial charge in [0.25, 0.3) is 0 Å². The summed E-state index contributed by atoms with van der Waals surface area (Å²) in [5.74, 6) is 0.585. The number of para-hydroxylation sites is 1. The van der Waals surface area contributed by atoms with Crippen molar-refractivity contribution in [3.8, 4) is 5.75 Å². The highest BCUT2D eigenvalue weighted by Gasteiger charge is 2.11. The minimum Gasteiger partial charge on any atom is -0.490 e. The monoisotopic (exact) mass is 253 g/mol. The molecule has 0 aliphatic rings. The quantitative estimate of drug-likeness (QED) is 0.440. The molecular formula is C13H19NO4. The fourth-order valence-electron chi connectivity index (χ4n) is 1.57. The molecule has 0 spiro atoms. The van der Waals surface area contributed by atoms with Crippen LogP contribution in [0.15, 0.2) is 29.4 Å². The van der Waals surface area contributed by atoms with Crippen LogP contribution in [-0.4, -0.2) is 42.5 Å². The highest BCUT2D eigenvalue weighted by Crippen LogP contribution is 2.20. The first-order chi connectivity index (χ1) is 8.72. The average molecular weight is 253 g/mol. The first-order valence-electron chi connectivity index (χ1n) is 5.83. The van der Waals surface area contributed by atoms with E-state index in [0.29, 0.717) is 17.9 Å². The number of hydrogen-bond acceptors (Lipinski definition) is 5. The summed E-state index contributed by atoms with van der Waals surface area (Å²) >= 11 is 0. The number of ether oxygens (including phenoxy) is 2. The lowest BCUT2D eigenvalue weighted by molar-refractivity contribution is 0.0325. The van der Waals surface area contributed by atoms with Gasteiger partial charge >= 0.3 is 0 Å². The standard InChI is InChI=1S/C13H19NO4/c1-3-12(14-16)11-6-4-5-7-13(11)18-9-10(15)8-17-2/h4-7,10,15-16H,3,8-9H2,1-2H3. The molecule has 1 unspecified atom stereocenters. The maximum absolute atomic E-state index is 9.52. The minimum absolute atomic E-state index is 0.132. The second-order valence-corrected chi connectivity index (χ2v) is 3.82. The number of aliphatic hydroxyl groups excluding tert-OH is 1. The van der Waals surface area contributed by atoms with Gasteiger partial charge in [0.15, 0.2) is 0 Å². The third-order valence-electron chi connectivity index (χ3n) is 2.44. The molecule has 1 rings (SSSR count). The summed E-state index contributed by atoms with van der Waals surface area (Å²) in [6.45, 7) is 2.25. The van der Waals surface area contributed by atoms with Crippen LogP contribution in [0.5, 0.6) is 5.75 Å². The van der Waals surface area contributed by atoms with Crippen molar-refractivity contribution in [2.75, 3.05) is 20.3 Å². The Kier molecular flexibility index (Phi) is 6.18. The Balaban J connectivity index is 2.76. The molecule has 0 aliphatic carbocycles. The number of methoxy groups -OCH3 is 1. The van der Waals surface area contributed by atoms with Crippen LogP contribution in [0.1, 0.15) is 18.9 Å². The molecule has 1 aromatic rings. The highest BCUT2D eigenvalue weighted by molar-refractivity contribution is 6.02. The Bertz CT molecular complexity index is 392. The normalized spacial score (nSPS) is 13.4. The molecule has 1 aromatic carbocycles. The van der Waals surface area contributed by atoms with Gasteiger partial charge in [-0.15, -0.1) is 0 Å². The van der Waals surface area contributed by atoms with Gasteiger partial charge in [-0.3, -0.25) is 0 Å². The molecule has 0 aromatic heterocycles. The molecule has 2 N–H and O–H groups in total. The van der Waals surface area contributed by atoms with Crippen molar-refractivity contribution in [1.82, 2.24) is 0 Å². The highest BCUT2D eigenvalue weighted by atomic mass is 16.5. The van der Waals surface area contributed by atoms with Crippen LogP contribution in [0.2, 0.25) is 0 Å². The van der Waals surface area contributed by atoms with E-state index < -0.39 is 6.10 Å². The van der Waals surface area contributed by atoms with E-state index in [2.05, 4.69) is 5.16 Å². The Morgan fingerprint density at radius 1 is 1.33 bits per heavy atom. The lowest BCUT2D eigenvalue weighted by atomic mass is 10.1. The zero-order valence-electron chi connectivity index (χ0n) is 10.7. The molecule has 0 saturated heterocycles. The summed E-state index contributed by atoms with van der Waals surface area (Å²) in [6.07, 6.45) is -0.0866. The summed E-state index contributed by atoms with van der Waals surface area (Å²) in [7, 11) is 1.52. The van der Waals surface area contributed by atoms with E-state index in [1.807, 2.05) is 25.1 Å². The number of nitrogens with zero attached hydrogens (tertiary/aromatic N) is 1. The summed E-state index contributed by atoms with van der Waals surface area (Å²) in [4.78, 5) is 0. The van der Waals surface area contributed by atoms with Gasteiger partial charge in [0.05, 0.1) is 12.3 Å². The maximum Gasteiger partial charge on any atom is 0.128 e. The van der Waals surface area contributed by atoms with Crippen molar-refractivity contribution < 1.29 is 19.8 Å². The van der Waals surface area contributed by atoms with E-state index in [4.69, 9.17) is 14.7 Å². The third kappa shape index (κ3) is 4.01. The Morgan fingerprint density at radius 3 is 2.67 bits per heavy atom. The second-order valence-electron chi connectivity index (χ2n) is 3.82. The van der Waals surface area contributed by atoms with Gasteiger partial charge in [-0.25, -0.2) is 0 Å². The van der Waals surface area contributed by atoms with E-state index in [-0.39, 0.29) is 13.2 Å². The van der Waals surface area contributed by atoms with E-state index in [0.717, 1.165) is 5.56 Å². The van der Waals surface area contributed by atoms with Gasteiger partial charge in [-0.1, -0.05) is 24.2 Å². The van der Waals surface area contributed by atoms with Crippen molar-refractivity contribution in [2.24, 2.45) is 5.16 Å². The largest absolute Gasteiger partial charge is 0.490 e. The van der Waals surface area contributed by atoms with E-state index in [1.54, 1.807) is 6.07 Å². The molecule has 1 atom stereocenters. The van der Waals surface area contributed by atoms with Gasteiger partial charge in [0.1, 0.15) is 18.5 Å². The zero-order chi connectivity index (χ0) is 13.4. The average Bonchev–Trinajstić information content (AvgIpc) is 2.39. The molecule has 0 aliphatic heterocycles. The third-order valence-corrected chi connectivity index (χ3v) is 2.44. The smallest absolute Gasteiger partial charge is 0.128 e. The summed E-state index contributed by atoms with van der Waals surface area (Å²) in [5.41, 5.74) is 1.28. The predicted molar refractivity (Wildman–Crippen MR) is 68.4 cm³/mol. The van der Waals surface area contributed by atoms with Crippen LogP contribution in [0.4, 0.5) is 0 Å². The maximum atomic E-state index is 9.52.